The summed E-state index contributed by atoms with van der Waals surface area (Å²) in [7, 11) is 1.55. The minimum Gasteiger partial charge on any atom is -0.452 e. The van der Waals surface area contributed by atoms with E-state index in [1.165, 1.54) is 18.2 Å². The van der Waals surface area contributed by atoms with Crippen molar-refractivity contribution in [2.45, 2.75) is 13.0 Å². The molecule has 2 heterocycles. The fraction of sp³-hybridized carbons (Fsp3) is 0.227. The van der Waals surface area contributed by atoms with E-state index in [-0.39, 0.29) is 47.5 Å². The van der Waals surface area contributed by atoms with Crippen molar-refractivity contribution in [2.75, 3.05) is 20.3 Å². The molecule has 2 aromatic carbocycles. The Hall–Kier alpha value is -3.56. The van der Waals surface area contributed by atoms with Gasteiger partial charge in [0.1, 0.15) is 0 Å². The van der Waals surface area contributed by atoms with E-state index in [2.05, 4.69) is 10.2 Å². The molecule has 0 saturated carbocycles. The van der Waals surface area contributed by atoms with Gasteiger partial charge in [-0.2, -0.15) is 0 Å². The first-order chi connectivity index (χ1) is 15.5. The van der Waals surface area contributed by atoms with E-state index in [9.17, 15) is 14.4 Å². The SMILES string of the molecule is COCCCN1C(=O)c2ccc(C(=O)OCc3nnc(-c4ccc(Cl)cc4)o3)cc2C1=O. The van der Waals surface area contributed by atoms with Crippen LogP contribution < -0.4 is 0 Å². The number of rotatable bonds is 8. The summed E-state index contributed by atoms with van der Waals surface area (Å²) in [5.74, 6) is -1.14. The summed E-state index contributed by atoms with van der Waals surface area (Å²) in [4.78, 5) is 38.6. The van der Waals surface area contributed by atoms with E-state index < -0.39 is 11.9 Å². The average molecular weight is 456 g/mol. The summed E-state index contributed by atoms with van der Waals surface area (Å²) >= 11 is 5.86. The molecule has 1 aliphatic rings. The van der Waals surface area contributed by atoms with Crippen LogP contribution in [0.1, 0.15) is 43.4 Å². The van der Waals surface area contributed by atoms with Gasteiger partial charge in [-0.3, -0.25) is 14.5 Å². The van der Waals surface area contributed by atoms with E-state index >= 15 is 0 Å². The van der Waals surface area contributed by atoms with Crippen LogP contribution in [0.3, 0.4) is 0 Å². The molecule has 9 nitrogen and oxygen atoms in total. The first-order valence-corrected chi connectivity index (χ1v) is 10.1. The van der Waals surface area contributed by atoms with Crippen molar-refractivity contribution < 1.29 is 28.3 Å². The van der Waals surface area contributed by atoms with Crippen LogP contribution >= 0.6 is 11.6 Å². The molecule has 2 amide bonds. The fourth-order valence-electron chi connectivity index (χ4n) is 3.22. The number of carbonyl (C=O) groups excluding carboxylic acids is 3. The Kier molecular flexibility index (Phi) is 6.29. The lowest BCUT2D eigenvalue weighted by atomic mass is 10.1. The number of amides is 2. The number of halogens is 1. The molecule has 32 heavy (non-hydrogen) atoms. The zero-order valence-electron chi connectivity index (χ0n) is 17.0. The van der Waals surface area contributed by atoms with Crippen molar-refractivity contribution in [2.24, 2.45) is 0 Å². The summed E-state index contributed by atoms with van der Waals surface area (Å²) in [6.07, 6.45) is 0.527. The van der Waals surface area contributed by atoms with Crippen LogP contribution in [0.4, 0.5) is 0 Å². The lowest BCUT2D eigenvalue weighted by Crippen LogP contribution is -2.31. The first-order valence-electron chi connectivity index (χ1n) is 9.72. The van der Waals surface area contributed by atoms with Crippen LogP contribution in [0, 0.1) is 0 Å². The molecule has 1 aromatic heterocycles. The normalized spacial score (nSPS) is 12.9. The third-order valence-electron chi connectivity index (χ3n) is 4.82. The van der Waals surface area contributed by atoms with Gasteiger partial charge >= 0.3 is 5.97 Å². The van der Waals surface area contributed by atoms with E-state index in [0.717, 1.165) is 4.90 Å². The molecular weight excluding hydrogens is 438 g/mol. The number of esters is 1. The Bertz CT molecular complexity index is 1170. The molecule has 0 N–H and O–H groups in total. The second-order valence-electron chi connectivity index (χ2n) is 6.95. The number of benzene rings is 2. The van der Waals surface area contributed by atoms with Gasteiger partial charge < -0.3 is 13.9 Å². The lowest BCUT2D eigenvalue weighted by molar-refractivity contribution is 0.0438. The van der Waals surface area contributed by atoms with Crippen molar-refractivity contribution in [3.8, 4) is 11.5 Å². The number of methoxy groups -OCH3 is 1. The van der Waals surface area contributed by atoms with Gasteiger partial charge in [-0.05, 0) is 48.9 Å². The Labute approximate surface area is 187 Å². The van der Waals surface area contributed by atoms with E-state index in [0.29, 0.717) is 23.6 Å². The number of imide groups is 1. The van der Waals surface area contributed by atoms with Crippen LogP contribution in [0.2, 0.25) is 5.02 Å². The summed E-state index contributed by atoms with van der Waals surface area (Å²) in [6.45, 7) is 0.431. The van der Waals surface area contributed by atoms with Gasteiger partial charge in [-0.15, -0.1) is 10.2 Å². The van der Waals surface area contributed by atoms with Crippen LogP contribution in [0.15, 0.2) is 46.9 Å². The standard InChI is InChI=1S/C22H18ClN3O6/c1-30-10-2-9-26-20(27)16-8-5-14(11-17(16)21(26)28)22(29)31-12-18-24-25-19(32-18)13-3-6-15(23)7-4-13/h3-8,11H,2,9-10,12H2,1H3. The van der Waals surface area contributed by atoms with Crippen LogP contribution in [-0.4, -0.2) is 53.1 Å². The van der Waals surface area contributed by atoms with Crippen molar-refractivity contribution in [3.05, 3.63) is 70.1 Å². The Morgan fingerprint density at radius 1 is 1.06 bits per heavy atom. The zero-order chi connectivity index (χ0) is 22.7. The fourth-order valence-corrected chi connectivity index (χ4v) is 3.35. The molecule has 10 heteroatoms. The molecule has 0 spiro atoms. The molecule has 0 radical (unpaired) electrons. The molecule has 1 aliphatic heterocycles. The van der Waals surface area contributed by atoms with Gasteiger partial charge in [-0.1, -0.05) is 11.6 Å². The number of aromatic nitrogens is 2. The highest BCUT2D eigenvalue weighted by atomic mass is 35.5. The molecule has 0 atom stereocenters. The van der Waals surface area contributed by atoms with Crippen molar-refractivity contribution in [3.63, 3.8) is 0 Å². The average Bonchev–Trinajstić information content (AvgIpc) is 3.37. The minimum absolute atomic E-state index is 0.111. The molecule has 0 saturated heterocycles. The predicted octanol–water partition coefficient (Wildman–Crippen LogP) is 3.38. The largest absolute Gasteiger partial charge is 0.452 e. The molecule has 4 rings (SSSR count). The highest BCUT2D eigenvalue weighted by Crippen LogP contribution is 2.25. The van der Waals surface area contributed by atoms with Gasteiger partial charge in [0.15, 0.2) is 6.61 Å². The number of carbonyl (C=O) groups is 3. The van der Waals surface area contributed by atoms with Crippen molar-refractivity contribution in [1.29, 1.82) is 0 Å². The zero-order valence-corrected chi connectivity index (χ0v) is 17.8. The smallest absolute Gasteiger partial charge is 0.338 e. The predicted molar refractivity (Wildman–Crippen MR) is 112 cm³/mol. The monoisotopic (exact) mass is 455 g/mol. The van der Waals surface area contributed by atoms with E-state index in [4.69, 9.17) is 25.5 Å². The van der Waals surface area contributed by atoms with E-state index in [1.54, 1.807) is 31.4 Å². The lowest BCUT2D eigenvalue weighted by Gasteiger charge is -2.12. The minimum atomic E-state index is -0.683. The second-order valence-corrected chi connectivity index (χ2v) is 7.39. The summed E-state index contributed by atoms with van der Waals surface area (Å²) in [6, 6.07) is 11.1. The Balaban J connectivity index is 1.41. The Morgan fingerprint density at radius 2 is 1.81 bits per heavy atom. The molecular formula is C22H18ClN3O6. The molecule has 3 aromatic rings. The maximum atomic E-state index is 12.6. The second kappa shape index (κ2) is 9.29. The molecule has 0 fully saturated rings. The number of fused-ring (bicyclic) bond motifs is 1. The number of nitrogens with zero attached hydrogens (tertiary/aromatic N) is 3. The quantitative estimate of drug-likeness (QED) is 0.288. The summed E-state index contributed by atoms with van der Waals surface area (Å²) in [5.41, 5.74) is 1.25. The topological polar surface area (TPSA) is 112 Å². The first kappa shape index (κ1) is 21.7. The molecule has 164 valence electrons. The number of ether oxygens (including phenoxy) is 2. The van der Waals surface area contributed by atoms with Crippen LogP contribution in [0.25, 0.3) is 11.5 Å². The van der Waals surface area contributed by atoms with Crippen LogP contribution in [-0.2, 0) is 16.1 Å². The van der Waals surface area contributed by atoms with Crippen molar-refractivity contribution in [1.82, 2.24) is 15.1 Å². The van der Waals surface area contributed by atoms with E-state index in [1.807, 2.05) is 0 Å². The maximum Gasteiger partial charge on any atom is 0.338 e. The van der Waals surface area contributed by atoms with Crippen LogP contribution in [0.5, 0.6) is 0 Å². The summed E-state index contributed by atoms with van der Waals surface area (Å²) < 4.78 is 15.7. The van der Waals surface area contributed by atoms with Gasteiger partial charge in [0.05, 0.1) is 16.7 Å². The summed E-state index contributed by atoms with van der Waals surface area (Å²) in [5, 5.41) is 8.37. The Morgan fingerprint density at radius 3 is 2.56 bits per heavy atom. The molecule has 0 unspecified atom stereocenters. The third-order valence-corrected chi connectivity index (χ3v) is 5.07. The highest BCUT2D eigenvalue weighted by Gasteiger charge is 2.35. The van der Waals surface area contributed by atoms with Gasteiger partial charge in [0.25, 0.3) is 17.7 Å². The highest BCUT2D eigenvalue weighted by molar-refractivity contribution is 6.30. The van der Waals surface area contributed by atoms with Gasteiger partial charge in [-0.25, -0.2) is 4.79 Å². The molecule has 0 aliphatic carbocycles. The maximum absolute atomic E-state index is 12.6. The number of hydrogen-bond donors (Lipinski definition) is 0. The van der Waals surface area contributed by atoms with Crippen molar-refractivity contribution >= 4 is 29.4 Å². The van der Waals surface area contributed by atoms with Gasteiger partial charge in [0.2, 0.25) is 5.89 Å². The van der Waals surface area contributed by atoms with Gasteiger partial charge in [0, 0.05) is 30.8 Å². The third kappa shape index (κ3) is 4.39. The molecule has 0 bridgehead atoms. The number of hydrogen-bond acceptors (Lipinski definition) is 8.